The fourth-order valence-electron chi connectivity index (χ4n) is 1.91. The summed E-state index contributed by atoms with van der Waals surface area (Å²) in [5.41, 5.74) is 1.00. The Balaban J connectivity index is 3.37. The van der Waals surface area contributed by atoms with Crippen LogP contribution in [0, 0.1) is 0 Å². The zero-order valence-electron chi connectivity index (χ0n) is 14.3. The van der Waals surface area contributed by atoms with Crippen LogP contribution >= 0.6 is 0 Å². The van der Waals surface area contributed by atoms with Crippen molar-refractivity contribution in [1.29, 1.82) is 0 Å². The van der Waals surface area contributed by atoms with Crippen LogP contribution in [0.2, 0.25) is 0 Å². The molecule has 0 rings (SSSR count). The van der Waals surface area contributed by atoms with Gasteiger partial charge in [-0.05, 0) is 26.2 Å². The van der Waals surface area contributed by atoms with Gasteiger partial charge >= 0.3 is 11.9 Å². The van der Waals surface area contributed by atoms with Crippen molar-refractivity contribution in [3.05, 3.63) is 12.2 Å². The average molecular weight is 312 g/mol. The second-order valence-electron chi connectivity index (χ2n) is 5.77. The first-order chi connectivity index (χ1) is 10.6. The second-order valence-corrected chi connectivity index (χ2v) is 5.77. The van der Waals surface area contributed by atoms with Crippen LogP contribution in [0.15, 0.2) is 12.2 Å². The minimum Gasteiger partial charge on any atom is -0.466 e. The van der Waals surface area contributed by atoms with Crippen molar-refractivity contribution < 1.29 is 19.1 Å². The van der Waals surface area contributed by atoms with Gasteiger partial charge in [-0.15, -0.1) is 6.58 Å². The van der Waals surface area contributed by atoms with Gasteiger partial charge in [-0.1, -0.05) is 38.2 Å². The lowest BCUT2D eigenvalue weighted by Gasteiger charge is -2.06. The molecule has 0 aromatic carbocycles. The Labute approximate surface area is 135 Å². The fourth-order valence-corrected chi connectivity index (χ4v) is 1.91. The van der Waals surface area contributed by atoms with Crippen molar-refractivity contribution >= 4 is 11.9 Å². The third-order valence-electron chi connectivity index (χ3n) is 3.31. The minimum absolute atomic E-state index is 0.161. The van der Waals surface area contributed by atoms with Gasteiger partial charge in [0, 0.05) is 19.3 Å². The molecule has 0 spiro atoms. The highest BCUT2D eigenvalue weighted by Crippen LogP contribution is 2.06. The van der Waals surface area contributed by atoms with Crippen molar-refractivity contribution in [2.45, 2.75) is 78.1 Å². The van der Waals surface area contributed by atoms with E-state index in [-0.39, 0.29) is 11.9 Å². The van der Waals surface area contributed by atoms with E-state index in [1.807, 2.05) is 6.92 Å². The van der Waals surface area contributed by atoms with Crippen molar-refractivity contribution in [2.24, 2.45) is 0 Å². The maximum atomic E-state index is 11.5. The first kappa shape index (κ1) is 20.7. The fraction of sp³-hybridized carbons (Fsp3) is 0.778. The molecule has 0 aliphatic heterocycles. The van der Waals surface area contributed by atoms with Gasteiger partial charge in [0.25, 0.3) is 0 Å². The zero-order valence-corrected chi connectivity index (χ0v) is 14.3. The molecule has 0 aromatic rings. The van der Waals surface area contributed by atoms with Crippen molar-refractivity contribution in [2.75, 3.05) is 13.2 Å². The standard InChI is InChI=1S/C18H32O4/c1-4-5-6-7-10-14-21-17(19)11-8-9-12-18(20)22-15-13-16(2)3/h2,4-15H2,1,3H3. The van der Waals surface area contributed by atoms with E-state index in [1.165, 1.54) is 19.3 Å². The summed E-state index contributed by atoms with van der Waals surface area (Å²) in [6.45, 7) is 8.75. The van der Waals surface area contributed by atoms with Crippen LogP contribution in [-0.4, -0.2) is 25.2 Å². The van der Waals surface area contributed by atoms with Crippen LogP contribution in [0.5, 0.6) is 0 Å². The van der Waals surface area contributed by atoms with Gasteiger partial charge in [0.2, 0.25) is 0 Å². The van der Waals surface area contributed by atoms with Crippen molar-refractivity contribution in [3.63, 3.8) is 0 Å². The molecular formula is C18H32O4. The molecule has 0 aliphatic carbocycles. The molecule has 0 atom stereocenters. The lowest BCUT2D eigenvalue weighted by atomic mass is 10.2. The Bertz CT molecular complexity index is 323. The van der Waals surface area contributed by atoms with Crippen molar-refractivity contribution in [3.8, 4) is 0 Å². The largest absolute Gasteiger partial charge is 0.466 e. The van der Waals surface area contributed by atoms with Crippen LogP contribution in [-0.2, 0) is 19.1 Å². The summed E-state index contributed by atoms with van der Waals surface area (Å²) in [4.78, 5) is 22.9. The number of hydrogen-bond acceptors (Lipinski definition) is 4. The van der Waals surface area contributed by atoms with Gasteiger partial charge in [-0.25, -0.2) is 0 Å². The number of rotatable bonds is 14. The first-order valence-electron chi connectivity index (χ1n) is 8.52. The Morgan fingerprint density at radius 3 is 1.86 bits per heavy atom. The van der Waals surface area contributed by atoms with E-state index in [0.717, 1.165) is 18.4 Å². The Morgan fingerprint density at radius 2 is 1.32 bits per heavy atom. The summed E-state index contributed by atoms with van der Waals surface area (Å²) < 4.78 is 10.2. The number of carbonyl (C=O) groups is 2. The van der Waals surface area contributed by atoms with Gasteiger partial charge in [0.1, 0.15) is 0 Å². The van der Waals surface area contributed by atoms with E-state index in [2.05, 4.69) is 13.5 Å². The summed E-state index contributed by atoms with van der Waals surface area (Å²) in [5, 5.41) is 0. The monoisotopic (exact) mass is 312 g/mol. The maximum absolute atomic E-state index is 11.5. The minimum atomic E-state index is -0.203. The number of carbonyl (C=O) groups excluding carboxylic acids is 2. The Kier molecular flexibility index (Phi) is 13.7. The average Bonchev–Trinajstić information content (AvgIpc) is 2.47. The molecule has 0 unspecified atom stereocenters. The molecule has 0 heterocycles. The molecule has 128 valence electrons. The molecule has 0 saturated heterocycles. The van der Waals surface area contributed by atoms with Crippen LogP contribution in [0.1, 0.15) is 78.1 Å². The predicted molar refractivity (Wildman–Crippen MR) is 88.6 cm³/mol. The van der Waals surface area contributed by atoms with Crippen LogP contribution in [0.3, 0.4) is 0 Å². The van der Waals surface area contributed by atoms with E-state index in [4.69, 9.17) is 9.47 Å². The highest BCUT2D eigenvalue weighted by atomic mass is 16.5. The van der Waals surface area contributed by atoms with Gasteiger partial charge < -0.3 is 9.47 Å². The van der Waals surface area contributed by atoms with E-state index >= 15 is 0 Å². The lowest BCUT2D eigenvalue weighted by molar-refractivity contribution is -0.146. The zero-order chi connectivity index (χ0) is 16.6. The highest BCUT2D eigenvalue weighted by Gasteiger charge is 2.06. The molecule has 0 saturated carbocycles. The molecule has 22 heavy (non-hydrogen) atoms. The van der Waals surface area contributed by atoms with Gasteiger partial charge in [-0.2, -0.15) is 0 Å². The van der Waals surface area contributed by atoms with Crippen LogP contribution < -0.4 is 0 Å². The molecule has 0 aromatic heterocycles. The van der Waals surface area contributed by atoms with E-state index in [1.54, 1.807) is 0 Å². The Hall–Kier alpha value is -1.32. The SMILES string of the molecule is C=C(C)CCOC(=O)CCCCC(=O)OCCCCCCC. The summed E-state index contributed by atoms with van der Waals surface area (Å²) in [6, 6.07) is 0. The third-order valence-corrected chi connectivity index (χ3v) is 3.31. The third kappa shape index (κ3) is 15.1. The highest BCUT2D eigenvalue weighted by molar-refractivity contribution is 5.70. The Morgan fingerprint density at radius 1 is 0.773 bits per heavy atom. The van der Waals surface area contributed by atoms with Crippen LogP contribution in [0.4, 0.5) is 0 Å². The molecule has 0 bridgehead atoms. The van der Waals surface area contributed by atoms with E-state index < -0.39 is 0 Å². The van der Waals surface area contributed by atoms with Gasteiger partial charge in [-0.3, -0.25) is 9.59 Å². The number of hydrogen-bond donors (Lipinski definition) is 0. The number of ether oxygens (including phenoxy) is 2. The summed E-state index contributed by atoms with van der Waals surface area (Å²) in [5.74, 6) is -0.364. The van der Waals surface area contributed by atoms with Crippen molar-refractivity contribution in [1.82, 2.24) is 0 Å². The first-order valence-corrected chi connectivity index (χ1v) is 8.52. The summed E-state index contributed by atoms with van der Waals surface area (Å²) in [6.07, 6.45) is 8.53. The van der Waals surface area contributed by atoms with Crippen LogP contribution in [0.25, 0.3) is 0 Å². The topological polar surface area (TPSA) is 52.6 Å². The van der Waals surface area contributed by atoms with E-state index in [9.17, 15) is 9.59 Å². The molecular weight excluding hydrogens is 280 g/mol. The number of esters is 2. The molecule has 4 nitrogen and oxygen atoms in total. The van der Waals surface area contributed by atoms with Gasteiger partial charge in [0.15, 0.2) is 0 Å². The summed E-state index contributed by atoms with van der Waals surface area (Å²) >= 11 is 0. The number of unbranched alkanes of at least 4 members (excludes halogenated alkanes) is 5. The second kappa shape index (κ2) is 14.6. The molecule has 0 aliphatic rings. The quantitative estimate of drug-likeness (QED) is 0.268. The smallest absolute Gasteiger partial charge is 0.305 e. The lowest BCUT2D eigenvalue weighted by Crippen LogP contribution is -2.08. The molecule has 0 fully saturated rings. The molecule has 0 radical (unpaired) electrons. The predicted octanol–water partition coefficient (Wildman–Crippen LogP) is 4.57. The normalized spacial score (nSPS) is 10.3. The molecule has 0 amide bonds. The molecule has 0 N–H and O–H groups in total. The summed E-state index contributed by atoms with van der Waals surface area (Å²) in [7, 11) is 0. The van der Waals surface area contributed by atoms with E-state index in [0.29, 0.717) is 45.3 Å². The maximum Gasteiger partial charge on any atom is 0.305 e. The van der Waals surface area contributed by atoms with Gasteiger partial charge in [0.05, 0.1) is 13.2 Å². The molecule has 4 heteroatoms.